The first-order chi connectivity index (χ1) is 12.3. The van der Waals surface area contributed by atoms with Crippen molar-refractivity contribution in [3.05, 3.63) is 53.1 Å². The minimum Gasteiger partial charge on any atom is -0.486 e. The normalized spacial score (nSPS) is 14.9. The van der Waals surface area contributed by atoms with Crippen LogP contribution >= 0.6 is 11.6 Å². The van der Waals surface area contributed by atoms with Crippen molar-refractivity contribution in [3.63, 3.8) is 0 Å². The van der Waals surface area contributed by atoms with Gasteiger partial charge in [-0.1, -0.05) is 23.7 Å². The summed E-state index contributed by atoms with van der Waals surface area (Å²) in [6.07, 6.45) is 0.946. The van der Waals surface area contributed by atoms with Crippen molar-refractivity contribution in [2.45, 2.75) is 6.42 Å². The Labute approximate surface area is 150 Å². The largest absolute Gasteiger partial charge is 0.486 e. The van der Waals surface area contributed by atoms with Gasteiger partial charge in [-0.05, 0) is 30.7 Å². The lowest BCUT2D eigenvalue weighted by molar-refractivity contribution is 0.171. The van der Waals surface area contributed by atoms with Crippen molar-refractivity contribution in [1.29, 1.82) is 0 Å². The van der Waals surface area contributed by atoms with Crippen molar-refractivity contribution in [2.75, 3.05) is 25.1 Å². The van der Waals surface area contributed by atoms with E-state index in [4.69, 9.17) is 26.2 Å². The number of nitrogens with zero attached hydrogens (tertiary/aromatic N) is 2. The van der Waals surface area contributed by atoms with E-state index in [0.717, 1.165) is 47.2 Å². The summed E-state index contributed by atoms with van der Waals surface area (Å²) in [5.41, 5.74) is 4.17. The Kier molecular flexibility index (Phi) is 3.35. The van der Waals surface area contributed by atoms with E-state index in [1.165, 1.54) is 5.56 Å². The van der Waals surface area contributed by atoms with E-state index in [2.05, 4.69) is 5.32 Å². The zero-order chi connectivity index (χ0) is 16.8. The van der Waals surface area contributed by atoms with Crippen molar-refractivity contribution < 1.29 is 9.47 Å². The van der Waals surface area contributed by atoms with Crippen LogP contribution in [0.4, 0.5) is 5.82 Å². The monoisotopic (exact) mass is 353 g/mol. The van der Waals surface area contributed by atoms with Crippen LogP contribution in [0.3, 0.4) is 0 Å². The second-order valence-electron chi connectivity index (χ2n) is 6.10. The molecule has 2 aromatic carbocycles. The molecule has 5 rings (SSSR count). The Morgan fingerprint density at radius 2 is 1.92 bits per heavy atom. The minimum atomic E-state index is 0.569. The second kappa shape index (κ2) is 5.70. The molecule has 126 valence electrons. The van der Waals surface area contributed by atoms with Crippen LogP contribution in [-0.2, 0) is 6.42 Å². The molecule has 3 heterocycles. The molecule has 0 spiro atoms. The van der Waals surface area contributed by atoms with Gasteiger partial charge in [-0.3, -0.25) is 0 Å². The Morgan fingerprint density at radius 3 is 2.80 bits per heavy atom. The molecule has 2 aliphatic rings. The zero-order valence-corrected chi connectivity index (χ0v) is 14.2. The number of ether oxygens (including phenoxy) is 2. The number of aromatic nitrogens is 2. The molecular weight excluding hydrogens is 338 g/mol. The van der Waals surface area contributed by atoms with Gasteiger partial charge in [0.15, 0.2) is 11.5 Å². The van der Waals surface area contributed by atoms with Gasteiger partial charge >= 0.3 is 0 Å². The van der Waals surface area contributed by atoms with Gasteiger partial charge in [0.2, 0.25) is 0 Å². The summed E-state index contributed by atoms with van der Waals surface area (Å²) in [6, 6.07) is 13.7. The highest BCUT2D eigenvalue weighted by molar-refractivity contribution is 6.30. The molecule has 0 fully saturated rings. The number of rotatable bonds is 2. The van der Waals surface area contributed by atoms with E-state index >= 15 is 0 Å². The lowest BCUT2D eigenvalue weighted by Crippen LogP contribution is -2.15. The van der Waals surface area contributed by atoms with Crippen LogP contribution in [0.25, 0.3) is 16.9 Å². The fourth-order valence-electron chi connectivity index (χ4n) is 3.39. The number of nitrogens with one attached hydrogen (secondary N) is 1. The minimum absolute atomic E-state index is 0.569. The average Bonchev–Trinajstić information content (AvgIpc) is 3.24. The molecular formula is C19H16ClN3O2. The third kappa shape index (κ3) is 2.43. The fraction of sp³-hybridized carbons (Fsp3) is 0.211. The average molecular weight is 354 g/mol. The fourth-order valence-corrected chi connectivity index (χ4v) is 3.58. The quantitative estimate of drug-likeness (QED) is 0.758. The maximum atomic E-state index is 6.17. The molecule has 0 saturated carbocycles. The molecule has 6 heteroatoms. The Hall–Kier alpha value is -2.66. The van der Waals surface area contributed by atoms with Crippen LogP contribution in [-0.4, -0.2) is 29.5 Å². The molecule has 0 atom stereocenters. The maximum absolute atomic E-state index is 6.17. The molecule has 0 unspecified atom stereocenters. The van der Waals surface area contributed by atoms with Gasteiger partial charge in [0.05, 0.1) is 11.4 Å². The SMILES string of the molecule is Clc1cccc(-c2nn(-c3ccc4c(c3)OCCO4)c3c2CCN3)c1. The predicted molar refractivity (Wildman–Crippen MR) is 97.2 cm³/mol. The smallest absolute Gasteiger partial charge is 0.163 e. The molecule has 0 radical (unpaired) electrons. The topological polar surface area (TPSA) is 48.3 Å². The Bertz CT molecular complexity index is 967. The van der Waals surface area contributed by atoms with Crippen LogP contribution < -0.4 is 14.8 Å². The summed E-state index contributed by atoms with van der Waals surface area (Å²) < 4.78 is 13.3. The third-order valence-electron chi connectivity index (χ3n) is 4.52. The number of anilines is 1. The Morgan fingerprint density at radius 1 is 1.04 bits per heavy atom. The molecule has 0 aliphatic carbocycles. The molecule has 0 saturated heterocycles. The van der Waals surface area contributed by atoms with E-state index < -0.39 is 0 Å². The zero-order valence-electron chi connectivity index (χ0n) is 13.5. The first-order valence-electron chi connectivity index (χ1n) is 8.31. The molecule has 1 aromatic heterocycles. The van der Waals surface area contributed by atoms with Gasteiger partial charge in [-0.25, -0.2) is 4.68 Å². The summed E-state index contributed by atoms with van der Waals surface area (Å²) >= 11 is 6.17. The van der Waals surface area contributed by atoms with Gasteiger partial charge in [-0.15, -0.1) is 0 Å². The summed E-state index contributed by atoms with van der Waals surface area (Å²) in [5, 5.41) is 9.02. The predicted octanol–water partition coefficient (Wildman–Crippen LogP) is 3.93. The number of benzene rings is 2. The number of halogens is 1. The van der Waals surface area contributed by atoms with Crippen molar-refractivity contribution in [2.24, 2.45) is 0 Å². The number of hydrogen-bond acceptors (Lipinski definition) is 4. The van der Waals surface area contributed by atoms with E-state index in [1.54, 1.807) is 0 Å². The van der Waals surface area contributed by atoms with Gasteiger partial charge < -0.3 is 14.8 Å². The van der Waals surface area contributed by atoms with Crippen LogP contribution in [0.2, 0.25) is 5.02 Å². The van der Waals surface area contributed by atoms with E-state index in [-0.39, 0.29) is 0 Å². The van der Waals surface area contributed by atoms with Gasteiger partial charge in [0, 0.05) is 28.8 Å². The van der Waals surface area contributed by atoms with Crippen LogP contribution in [0.5, 0.6) is 11.5 Å². The van der Waals surface area contributed by atoms with Crippen LogP contribution in [0.15, 0.2) is 42.5 Å². The molecule has 0 bridgehead atoms. The molecule has 2 aliphatic heterocycles. The van der Waals surface area contributed by atoms with Gasteiger partial charge in [-0.2, -0.15) is 5.10 Å². The standard InChI is InChI=1S/C19H16ClN3O2/c20-13-3-1-2-12(10-13)18-15-6-7-21-19(15)23(22-18)14-4-5-16-17(11-14)25-9-8-24-16/h1-5,10-11,21H,6-9H2. The summed E-state index contributed by atoms with van der Waals surface area (Å²) in [5.74, 6) is 2.57. The van der Waals surface area contributed by atoms with Gasteiger partial charge in [0.25, 0.3) is 0 Å². The summed E-state index contributed by atoms with van der Waals surface area (Å²) in [7, 11) is 0. The molecule has 1 N–H and O–H groups in total. The third-order valence-corrected chi connectivity index (χ3v) is 4.75. The van der Waals surface area contributed by atoms with Crippen molar-refractivity contribution >= 4 is 17.4 Å². The van der Waals surface area contributed by atoms with E-state index in [9.17, 15) is 0 Å². The maximum Gasteiger partial charge on any atom is 0.163 e. The summed E-state index contributed by atoms with van der Waals surface area (Å²) in [6.45, 7) is 2.06. The van der Waals surface area contributed by atoms with E-state index in [1.807, 2.05) is 47.1 Å². The second-order valence-corrected chi connectivity index (χ2v) is 6.54. The number of hydrogen-bond donors (Lipinski definition) is 1. The lowest BCUT2D eigenvalue weighted by Gasteiger charge is -2.19. The van der Waals surface area contributed by atoms with E-state index in [0.29, 0.717) is 18.2 Å². The van der Waals surface area contributed by atoms with Crippen LogP contribution in [0, 0.1) is 0 Å². The first kappa shape index (κ1) is 14.7. The molecule has 25 heavy (non-hydrogen) atoms. The number of fused-ring (bicyclic) bond motifs is 2. The van der Waals surface area contributed by atoms with Crippen molar-refractivity contribution in [3.8, 4) is 28.4 Å². The van der Waals surface area contributed by atoms with Gasteiger partial charge in [0.1, 0.15) is 19.0 Å². The lowest BCUT2D eigenvalue weighted by atomic mass is 10.1. The first-order valence-corrected chi connectivity index (χ1v) is 8.69. The molecule has 0 amide bonds. The Balaban J connectivity index is 1.64. The highest BCUT2D eigenvalue weighted by Gasteiger charge is 2.24. The molecule has 3 aromatic rings. The highest BCUT2D eigenvalue weighted by atomic mass is 35.5. The summed E-state index contributed by atoms with van der Waals surface area (Å²) in [4.78, 5) is 0. The molecule has 5 nitrogen and oxygen atoms in total. The van der Waals surface area contributed by atoms with Crippen molar-refractivity contribution in [1.82, 2.24) is 9.78 Å². The highest BCUT2D eigenvalue weighted by Crippen LogP contribution is 2.37. The van der Waals surface area contributed by atoms with Crippen LogP contribution in [0.1, 0.15) is 5.56 Å².